The van der Waals surface area contributed by atoms with Crippen molar-refractivity contribution in [1.82, 2.24) is 10.6 Å². The van der Waals surface area contributed by atoms with Crippen LogP contribution >= 0.6 is 0 Å². The Kier molecular flexibility index (Phi) is 7.15. The SMILES string of the molecule is CN=C(NCCCOC1CCCC1)NCCc1ccco1. The lowest BCUT2D eigenvalue weighted by atomic mass is 10.3. The zero-order valence-corrected chi connectivity index (χ0v) is 12.9. The van der Waals surface area contributed by atoms with Gasteiger partial charge < -0.3 is 19.8 Å². The lowest BCUT2D eigenvalue weighted by molar-refractivity contribution is 0.0574. The number of guanidine groups is 1. The Hall–Kier alpha value is -1.49. The zero-order chi connectivity index (χ0) is 14.8. The summed E-state index contributed by atoms with van der Waals surface area (Å²) >= 11 is 0. The number of ether oxygens (including phenoxy) is 1. The summed E-state index contributed by atoms with van der Waals surface area (Å²) in [5, 5.41) is 6.58. The normalized spacial score (nSPS) is 16.3. The largest absolute Gasteiger partial charge is 0.469 e. The molecule has 0 unspecified atom stereocenters. The minimum Gasteiger partial charge on any atom is -0.469 e. The van der Waals surface area contributed by atoms with Crippen molar-refractivity contribution in [3.8, 4) is 0 Å². The third-order valence-corrected chi connectivity index (χ3v) is 3.74. The Morgan fingerprint density at radius 2 is 2.14 bits per heavy atom. The van der Waals surface area contributed by atoms with Gasteiger partial charge in [-0.15, -0.1) is 0 Å². The van der Waals surface area contributed by atoms with Crippen LogP contribution in [0.25, 0.3) is 0 Å². The van der Waals surface area contributed by atoms with Gasteiger partial charge in [-0.1, -0.05) is 12.8 Å². The van der Waals surface area contributed by atoms with Crippen molar-refractivity contribution in [2.75, 3.05) is 26.7 Å². The minimum atomic E-state index is 0.510. The van der Waals surface area contributed by atoms with Gasteiger partial charge in [-0.3, -0.25) is 4.99 Å². The monoisotopic (exact) mass is 293 g/mol. The second-order valence-corrected chi connectivity index (χ2v) is 5.39. The van der Waals surface area contributed by atoms with Gasteiger partial charge in [0.25, 0.3) is 0 Å². The number of rotatable bonds is 8. The van der Waals surface area contributed by atoms with E-state index in [9.17, 15) is 0 Å². The molecule has 0 spiro atoms. The third-order valence-electron chi connectivity index (χ3n) is 3.74. The van der Waals surface area contributed by atoms with E-state index in [2.05, 4.69) is 15.6 Å². The van der Waals surface area contributed by atoms with E-state index in [4.69, 9.17) is 9.15 Å². The highest BCUT2D eigenvalue weighted by Crippen LogP contribution is 2.20. The van der Waals surface area contributed by atoms with Crippen molar-refractivity contribution in [2.24, 2.45) is 4.99 Å². The highest BCUT2D eigenvalue weighted by Gasteiger charge is 2.14. The molecule has 0 amide bonds. The van der Waals surface area contributed by atoms with Gasteiger partial charge in [0.05, 0.1) is 12.4 Å². The van der Waals surface area contributed by atoms with Crippen LogP contribution in [-0.2, 0) is 11.2 Å². The molecule has 0 aliphatic heterocycles. The molecule has 2 N–H and O–H groups in total. The first kappa shape index (κ1) is 15.9. The van der Waals surface area contributed by atoms with E-state index in [0.717, 1.165) is 44.3 Å². The zero-order valence-electron chi connectivity index (χ0n) is 12.9. The van der Waals surface area contributed by atoms with Crippen LogP contribution in [0.15, 0.2) is 27.8 Å². The summed E-state index contributed by atoms with van der Waals surface area (Å²) in [5.74, 6) is 1.82. The maximum Gasteiger partial charge on any atom is 0.190 e. The molecule has 1 heterocycles. The highest BCUT2D eigenvalue weighted by molar-refractivity contribution is 5.79. The minimum absolute atomic E-state index is 0.510. The summed E-state index contributed by atoms with van der Waals surface area (Å²) in [6.45, 7) is 2.53. The molecule has 21 heavy (non-hydrogen) atoms. The average molecular weight is 293 g/mol. The fourth-order valence-electron chi connectivity index (χ4n) is 2.56. The Bertz CT molecular complexity index is 398. The van der Waals surface area contributed by atoms with Gasteiger partial charge in [0.2, 0.25) is 0 Å². The van der Waals surface area contributed by atoms with Gasteiger partial charge in [0.1, 0.15) is 5.76 Å². The lowest BCUT2D eigenvalue weighted by Gasteiger charge is -2.13. The molecular weight excluding hydrogens is 266 g/mol. The van der Waals surface area contributed by atoms with Crippen molar-refractivity contribution in [3.05, 3.63) is 24.2 Å². The molecule has 2 rings (SSSR count). The van der Waals surface area contributed by atoms with E-state index in [-0.39, 0.29) is 0 Å². The second-order valence-electron chi connectivity index (χ2n) is 5.39. The molecule has 1 aliphatic carbocycles. The number of aliphatic imine (C=N–C) groups is 1. The third kappa shape index (κ3) is 6.21. The van der Waals surface area contributed by atoms with Crippen LogP contribution in [0.3, 0.4) is 0 Å². The summed E-state index contributed by atoms with van der Waals surface area (Å²) in [4.78, 5) is 4.20. The summed E-state index contributed by atoms with van der Waals surface area (Å²) in [6, 6.07) is 3.89. The molecule has 1 aromatic heterocycles. The van der Waals surface area contributed by atoms with Gasteiger partial charge >= 0.3 is 0 Å². The summed E-state index contributed by atoms with van der Waals surface area (Å²) in [6.07, 6.45) is 9.22. The maximum atomic E-state index is 5.84. The summed E-state index contributed by atoms with van der Waals surface area (Å²) in [7, 11) is 1.79. The Balaban J connectivity index is 1.49. The molecule has 0 saturated heterocycles. The predicted octanol–water partition coefficient (Wildman–Crippen LogP) is 2.34. The van der Waals surface area contributed by atoms with E-state index in [1.807, 2.05) is 12.1 Å². The van der Waals surface area contributed by atoms with Gasteiger partial charge in [0.15, 0.2) is 5.96 Å². The van der Waals surface area contributed by atoms with Crippen LogP contribution in [0, 0.1) is 0 Å². The fraction of sp³-hybridized carbons (Fsp3) is 0.688. The van der Waals surface area contributed by atoms with Crippen molar-refractivity contribution < 1.29 is 9.15 Å². The molecule has 118 valence electrons. The van der Waals surface area contributed by atoms with E-state index in [1.54, 1.807) is 13.3 Å². The predicted molar refractivity (Wildman–Crippen MR) is 84.6 cm³/mol. The van der Waals surface area contributed by atoms with Crippen molar-refractivity contribution in [1.29, 1.82) is 0 Å². The van der Waals surface area contributed by atoms with Crippen LogP contribution in [0.4, 0.5) is 0 Å². The summed E-state index contributed by atoms with van der Waals surface area (Å²) in [5.41, 5.74) is 0. The van der Waals surface area contributed by atoms with Crippen molar-refractivity contribution >= 4 is 5.96 Å². The van der Waals surface area contributed by atoms with E-state index < -0.39 is 0 Å². The molecule has 0 aromatic carbocycles. The summed E-state index contributed by atoms with van der Waals surface area (Å²) < 4.78 is 11.1. The van der Waals surface area contributed by atoms with E-state index in [0.29, 0.717) is 6.10 Å². The Morgan fingerprint density at radius 1 is 1.33 bits per heavy atom. The smallest absolute Gasteiger partial charge is 0.190 e. The number of hydrogen-bond acceptors (Lipinski definition) is 3. The second kappa shape index (κ2) is 9.45. The maximum absolute atomic E-state index is 5.84. The molecule has 0 radical (unpaired) electrons. The van der Waals surface area contributed by atoms with Gasteiger partial charge in [-0.2, -0.15) is 0 Å². The molecule has 1 fully saturated rings. The molecule has 1 saturated carbocycles. The van der Waals surface area contributed by atoms with Crippen LogP contribution in [-0.4, -0.2) is 38.8 Å². The van der Waals surface area contributed by atoms with Crippen LogP contribution in [0.1, 0.15) is 37.9 Å². The van der Waals surface area contributed by atoms with E-state index in [1.165, 1.54) is 25.7 Å². The van der Waals surface area contributed by atoms with Crippen LogP contribution < -0.4 is 10.6 Å². The molecule has 5 nitrogen and oxygen atoms in total. The van der Waals surface area contributed by atoms with Crippen molar-refractivity contribution in [2.45, 2.75) is 44.6 Å². The van der Waals surface area contributed by atoms with Gasteiger partial charge in [0, 0.05) is 33.2 Å². The van der Waals surface area contributed by atoms with E-state index >= 15 is 0 Å². The molecule has 5 heteroatoms. The Morgan fingerprint density at radius 3 is 2.86 bits per heavy atom. The first-order chi connectivity index (χ1) is 10.4. The van der Waals surface area contributed by atoms with Crippen LogP contribution in [0.2, 0.25) is 0 Å². The van der Waals surface area contributed by atoms with Crippen molar-refractivity contribution in [3.63, 3.8) is 0 Å². The van der Waals surface area contributed by atoms with Gasteiger partial charge in [-0.05, 0) is 31.4 Å². The quantitative estimate of drug-likeness (QED) is 0.439. The molecule has 0 atom stereocenters. The number of hydrogen-bond donors (Lipinski definition) is 2. The molecule has 0 bridgehead atoms. The first-order valence-corrected chi connectivity index (χ1v) is 7.97. The fourth-order valence-corrected chi connectivity index (χ4v) is 2.56. The lowest BCUT2D eigenvalue weighted by Crippen LogP contribution is -2.39. The average Bonchev–Trinajstić information content (AvgIpc) is 3.18. The Labute approximate surface area is 127 Å². The first-order valence-electron chi connectivity index (χ1n) is 7.97. The number of nitrogens with zero attached hydrogens (tertiary/aromatic N) is 1. The number of nitrogens with one attached hydrogen (secondary N) is 2. The topological polar surface area (TPSA) is 58.8 Å². The number of furan rings is 1. The van der Waals surface area contributed by atoms with Gasteiger partial charge in [-0.25, -0.2) is 0 Å². The molecular formula is C16H27N3O2. The molecule has 1 aromatic rings. The molecule has 1 aliphatic rings. The van der Waals surface area contributed by atoms with Crippen LogP contribution in [0.5, 0.6) is 0 Å². The standard InChI is InChI=1S/C16H27N3O2/c1-17-16(19-11-9-15-8-4-12-20-15)18-10-5-13-21-14-6-2-3-7-14/h4,8,12,14H,2-3,5-7,9-11,13H2,1H3,(H2,17,18,19). The highest BCUT2D eigenvalue weighted by atomic mass is 16.5.